The number of alkyl carbamates (subject to hydrolysis) is 1. The summed E-state index contributed by atoms with van der Waals surface area (Å²) in [6.07, 6.45) is 1.01. The van der Waals surface area contributed by atoms with Crippen LogP contribution in [0.3, 0.4) is 0 Å². The van der Waals surface area contributed by atoms with Gasteiger partial charge < -0.3 is 15.2 Å². The lowest BCUT2D eigenvalue weighted by Crippen LogP contribution is -2.33. The van der Waals surface area contributed by atoms with Crippen LogP contribution in [0.2, 0.25) is 10.0 Å². The lowest BCUT2D eigenvalue weighted by atomic mass is 10.0. The molecule has 0 saturated heterocycles. The van der Waals surface area contributed by atoms with Gasteiger partial charge in [-0.05, 0) is 42.9 Å². The van der Waals surface area contributed by atoms with Crippen molar-refractivity contribution in [1.29, 1.82) is 0 Å². The van der Waals surface area contributed by atoms with E-state index in [-0.39, 0.29) is 12.6 Å². The molecule has 0 unspecified atom stereocenters. The van der Waals surface area contributed by atoms with E-state index < -0.39 is 18.0 Å². The Morgan fingerprint density at radius 1 is 1.13 bits per heavy atom. The van der Waals surface area contributed by atoms with E-state index in [1.54, 1.807) is 17.8 Å². The number of ether oxygens (including phenoxy) is 1. The summed E-state index contributed by atoms with van der Waals surface area (Å²) >= 11 is 14.5. The fourth-order valence-corrected chi connectivity index (χ4v) is 5.33. The summed E-state index contributed by atoms with van der Waals surface area (Å²) in [5.41, 5.74) is 1.85. The third-order valence-corrected chi connectivity index (χ3v) is 7.54. The zero-order valence-electron chi connectivity index (χ0n) is 17.4. The SMILES string of the molecule is CC(C)c1ccccc1Sc1ccc(COC(=O)N[C@H]2CC[C@@H](C(=O)O)C2)c(Cl)c1Cl. The molecule has 2 atom stereocenters. The third kappa shape index (κ3) is 6.09. The number of halogens is 2. The molecule has 0 aromatic heterocycles. The van der Waals surface area contributed by atoms with Crippen molar-refractivity contribution in [3.8, 4) is 0 Å². The van der Waals surface area contributed by atoms with E-state index in [0.29, 0.717) is 40.8 Å². The van der Waals surface area contributed by atoms with Gasteiger partial charge in [-0.2, -0.15) is 0 Å². The van der Waals surface area contributed by atoms with Crippen LogP contribution in [-0.4, -0.2) is 23.2 Å². The van der Waals surface area contributed by atoms with Crippen LogP contribution in [0, 0.1) is 5.92 Å². The Bertz CT molecular complexity index is 967. The lowest BCUT2D eigenvalue weighted by molar-refractivity contribution is -0.141. The first-order valence-corrected chi connectivity index (χ1v) is 11.7. The van der Waals surface area contributed by atoms with Crippen LogP contribution < -0.4 is 5.32 Å². The van der Waals surface area contributed by atoms with E-state index in [9.17, 15) is 9.59 Å². The average molecular weight is 482 g/mol. The Kier molecular flexibility index (Phi) is 8.14. The number of hydrogen-bond acceptors (Lipinski definition) is 4. The second-order valence-electron chi connectivity index (χ2n) is 7.91. The lowest BCUT2D eigenvalue weighted by Gasteiger charge is -2.15. The van der Waals surface area contributed by atoms with Crippen LogP contribution in [0.4, 0.5) is 4.79 Å². The Morgan fingerprint density at radius 2 is 1.87 bits per heavy atom. The number of benzene rings is 2. The topological polar surface area (TPSA) is 75.6 Å². The number of carboxylic acids is 1. The predicted octanol–water partition coefficient (Wildman–Crippen LogP) is 6.75. The number of carboxylic acid groups (broad SMARTS) is 1. The maximum Gasteiger partial charge on any atom is 0.407 e. The van der Waals surface area contributed by atoms with Crippen LogP contribution in [0.1, 0.15) is 50.2 Å². The van der Waals surface area contributed by atoms with Crippen molar-refractivity contribution in [2.75, 3.05) is 0 Å². The van der Waals surface area contributed by atoms with Gasteiger partial charge in [-0.1, -0.05) is 73.1 Å². The fraction of sp³-hybridized carbons (Fsp3) is 0.391. The van der Waals surface area contributed by atoms with E-state index in [4.69, 9.17) is 33.0 Å². The summed E-state index contributed by atoms with van der Waals surface area (Å²) in [5.74, 6) is -0.854. The van der Waals surface area contributed by atoms with Crippen LogP contribution in [0.5, 0.6) is 0 Å². The highest BCUT2D eigenvalue weighted by Gasteiger charge is 2.30. The highest BCUT2D eigenvalue weighted by molar-refractivity contribution is 7.99. The van der Waals surface area contributed by atoms with Gasteiger partial charge in [0.1, 0.15) is 6.61 Å². The fourth-order valence-electron chi connectivity index (χ4n) is 3.62. The largest absolute Gasteiger partial charge is 0.481 e. The molecule has 0 aliphatic heterocycles. The van der Waals surface area contributed by atoms with Crippen molar-refractivity contribution >= 4 is 47.0 Å². The summed E-state index contributed by atoms with van der Waals surface area (Å²) in [4.78, 5) is 25.1. The number of aliphatic carboxylic acids is 1. The number of carbonyl (C=O) groups excluding carboxylic acids is 1. The molecule has 31 heavy (non-hydrogen) atoms. The predicted molar refractivity (Wildman–Crippen MR) is 123 cm³/mol. The van der Waals surface area contributed by atoms with Crippen molar-refractivity contribution in [2.24, 2.45) is 5.92 Å². The normalized spacial score (nSPS) is 18.2. The summed E-state index contributed by atoms with van der Waals surface area (Å²) in [7, 11) is 0. The molecular weight excluding hydrogens is 457 g/mol. The molecule has 5 nitrogen and oxygen atoms in total. The first-order chi connectivity index (χ1) is 14.8. The zero-order chi connectivity index (χ0) is 22.5. The van der Waals surface area contributed by atoms with Crippen LogP contribution >= 0.6 is 35.0 Å². The van der Waals surface area contributed by atoms with Crippen molar-refractivity contribution in [3.63, 3.8) is 0 Å². The molecule has 0 spiro atoms. The standard InChI is InChI=1S/C23H25Cl2NO4S/c1-13(2)17-5-3-4-6-18(17)31-19-10-8-15(20(24)21(19)25)12-30-23(29)26-16-9-7-14(11-16)22(27)28/h3-6,8,10,13-14,16H,7,9,11-12H2,1-2H3,(H,26,29)(H,27,28)/t14-,16+/m1/s1. The maximum atomic E-state index is 12.1. The number of amides is 1. The van der Waals surface area contributed by atoms with E-state index in [1.165, 1.54) is 5.56 Å². The molecule has 2 aromatic carbocycles. The first-order valence-electron chi connectivity index (χ1n) is 10.2. The van der Waals surface area contributed by atoms with Gasteiger partial charge in [-0.15, -0.1) is 0 Å². The average Bonchev–Trinajstić information content (AvgIpc) is 3.20. The van der Waals surface area contributed by atoms with E-state index in [1.807, 2.05) is 18.2 Å². The number of rotatable bonds is 7. The van der Waals surface area contributed by atoms with Crippen LogP contribution in [0.25, 0.3) is 0 Å². The minimum atomic E-state index is -0.826. The molecular formula is C23H25Cl2NO4S. The quantitative estimate of drug-likeness (QED) is 0.457. The van der Waals surface area contributed by atoms with Gasteiger partial charge in [-0.3, -0.25) is 4.79 Å². The monoisotopic (exact) mass is 481 g/mol. The first kappa shape index (κ1) is 23.8. The highest BCUT2D eigenvalue weighted by atomic mass is 35.5. The zero-order valence-corrected chi connectivity index (χ0v) is 19.7. The van der Waals surface area contributed by atoms with Gasteiger partial charge in [0.15, 0.2) is 0 Å². The van der Waals surface area contributed by atoms with E-state index in [0.717, 1.165) is 9.79 Å². The van der Waals surface area contributed by atoms with E-state index >= 15 is 0 Å². The Morgan fingerprint density at radius 3 is 2.55 bits per heavy atom. The third-order valence-electron chi connectivity index (χ3n) is 5.35. The second kappa shape index (κ2) is 10.6. The van der Waals surface area contributed by atoms with Gasteiger partial charge in [0.05, 0.1) is 16.0 Å². The van der Waals surface area contributed by atoms with Gasteiger partial charge in [0, 0.05) is 21.4 Å². The molecule has 1 saturated carbocycles. The highest BCUT2D eigenvalue weighted by Crippen LogP contribution is 2.41. The summed E-state index contributed by atoms with van der Waals surface area (Å²) in [6.45, 7) is 4.27. The molecule has 1 aliphatic carbocycles. The summed E-state index contributed by atoms with van der Waals surface area (Å²) in [5, 5.41) is 12.6. The Balaban J connectivity index is 1.61. The molecule has 1 aliphatic rings. The molecule has 1 fully saturated rings. The van der Waals surface area contributed by atoms with Crippen molar-refractivity contribution in [2.45, 2.75) is 61.5 Å². The molecule has 8 heteroatoms. The van der Waals surface area contributed by atoms with Crippen molar-refractivity contribution < 1.29 is 19.4 Å². The second-order valence-corrected chi connectivity index (χ2v) is 9.75. The minimum absolute atomic E-state index is 0.0208. The van der Waals surface area contributed by atoms with Crippen molar-refractivity contribution in [1.82, 2.24) is 5.32 Å². The maximum absolute atomic E-state index is 12.1. The molecule has 2 N–H and O–H groups in total. The smallest absolute Gasteiger partial charge is 0.407 e. The molecule has 1 amide bonds. The number of nitrogens with one attached hydrogen (secondary N) is 1. The molecule has 166 valence electrons. The minimum Gasteiger partial charge on any atom is -0.481 e. The Hall–Kier alpha value is -1.89. The van der Waals surface area contributed by atoms with Crippen LogP contribution in [-0.2, 0) is 16.1 Å². The van der Waals surface area contributed by atoms with Gasteiger partial charge >= 0.3 is 12.1 Å². The molecule has 2 aromatic rings. The van der Waals surface area contributed by atoms with Gasteiger partial charge in [0.25, 0.3) is 0 Å². The van der Waals surface area contributed by atoms with E-state index in [2.05, 4.69) is 31.3 Å². The molecule has 3 rings (SSSR count). The number of hydrogen-bond donors (Lipinski definition) is 2. The van der Waals surface area contributed by atoms with Gasteiger partial charge in [-0.25, -0.2) is 4.79 Å². The molecule has 0 bridgehead atoms. The summed E-state index contributed by atoms with van der Waals surface area (Å²) < 4.78 is 5.28. The Labute approximate surface area is 196 Å². The van der Waals surface area contributed by atoms with Crippen molar-refractivity contribution in [3.05, 3.63) is 57.6 Å². The van der Waals surface area contributed by atoms with Gasteiger partial charge in [0.2, 0.25) is 0 Å². The number of carbonyl (C=O) groups is 2. The molecule has 0 radical (unpaired) electrons. The molecule has 0 heterocycles. The van der Waals surface area contributed by atoms with Crippen LogP contribution in [0.15, 0.2) is 46.2 Å². The summed E-state index contributed by atoms with van der Waals surface area (Å²) in [6, 6.07) is 11.7.